The lowest BCUT2D eigenvalue weighted by atomic mass is 9.99. The summed E-state index contributed by atoms with van der Waals surface area (Å²) in [6.45, 7) is 2.40. The van der Waals surface area contributed by atoms with Crippen LogP contribution in [0.1, 0.15) is 46.7 Å². The highest BCUT2D eigenvalue weighted by molar-refractivity contribution is 7.09. The monoisotopic (exact) mass is 429 g/mol. The Morgan fingerprint density at radius 3 is 2.70 bits per heavy atom. The van der Waals surface area contributed by atoms with Crippen LogP contribution in [-0.4, -0.2) is 29.0 Å². The molecule has 2 saturated heterocycles. The number of rotatable bonds is 5. The van der Waals surface area contributed by atoms with Crippen LogP contribution < -0.4 is 15.4 Å². The van der Waals surface area contributed by atoms with Crippen LogP contribution in [-0.2, 0) is 6.61 Å². The summed E-state index contributed by atoms with van der Waals surface area (Å²) in [6.07, 6.45) is 4.52. The van der Waals surface area contributed by atoms with Gasteiger partial charge in [-0.05, 0) is 50.8 Å². The third-order valence-corrected chi connectivity index (χ3v) is 5.78. The zero-order valence-electron chi connectivity index (χ0n) is 15.1. The third kappa shape index (κ3) is 5.57. The standard InChI is InChI=1S/C19H23N3O2S.2ClH/c1-12-20-17(11-25-12)10-24-18-4-2-3-13(7-18)19(23)22-16-8-14-5-6-15(9-16)21-14;;/h2-4,7,11,14-16,21H,5-6,8-10H2,1H3,(H,22,23);2*1H. The van der Waals surface area contributed by atoms with E-state index in [-0.39, 0.29) is 36.8 Å². The Kier molecular flexibility index (Phi) is 7.91. The van der Waals surface area contributed by atoms with Crippen LogP contribution in [0.15, 0.2) is 29.6 Å². The highest BCUT2D eigenvalue weighted by Gasteiger charge is 2.34. The van der Waals surface area contributed by atoms with Gasteiger partial charge in [0, 0.05) is 29.1 Å². The first-order valence-corrected chi connectivity index (χ1v) is 9.74. The van der Waals surface area contributed by atoms with E-state index >= 15 is 0 Å². The lowest BCUT2D eigenvalue weighted by molar-refractivity contribution is 0.0923. The molecule has 0 radical (unpaired) electrons. The van der Waals surface area contributed by atoms with E-state index in [0.717, 1.165) is 23.5 Å². The number of aryl methyl sites for hydroxylation is 1. The summed E-state index contributed by atoms with van der Waals surface area (Å²) >= 11 is 1.61. The Morgan fingerprint density at radius 1 is 1.30 bits per heavy atom. The summed E-state index contributed by atoms with van der Waals surface area (Å²) in [5.74, 6) is 0.685. The van der Waals surface area contributed by atoms with Gasteiger partial charge in [-0.3, -0.25) is 4.79 Å². The van der Waals surface area contributed by atoms with Crippen molar-refractivity contribution in [3.05, 3.63) is 45.9 Å². The first-order chi connectivity index (χ1) is 12.2. The Bertz CT molecular complexity index is 759. The molecule has 8 heteroatoms. The number of halogens is 2. The van der Waals surface area contributed by atoms with Gasteiger partial charge in [0.1, 0.15) is 12.4 Å². The fourth-order valence-electron chi connectivity index (χ4n) is 3.80. The lowest BCUT2D eigenvalue weighted by Gasteiger charge is -2.29. The molecule has 1 aromatic heterocycles. The highest BCUT2D eigenvalue weighted by Crippen LogP contribution is 2.27. The predicted octanol–water partition coefficient (Wildman–Crippen LogP) is 3.89. The maximum atomic E-state index is 12.6. The van der Waals surface area contributed by atoms with Crippen LogP contribution in [0.3, 0.4) is 0 Å². The minimum Gasteiger partial charge on any atom is -0.487 e. The fourth-order valence-corrected chi connectivity index (χ4v) is 4.40. The number of aromatic nitrogens is 1. The minimum absolute atomic E-state index is 0. The Balaban J connectivity index is 0.00000131. The van der Waals surface area contributed by atoms with Gasteiger partial charge in [-0.1, -0.05) is 6.07 Å². The van der Waals surface area contributed by atoms with Crippen molar-refractivity contribution in [3.8, 4) is 5.75 Å². The second kappa shape index (κ2) is 9.73. The van der Waals surface area contributed by atoms with E-state index in [9.17, 15) is 4.79 Å². The highest BCUT2D eigenvalue weighted by atomic mass is 35.5. The molecule has 2 N–H and O–H groups in total. The Labute approximate surface area is 176 Å². The Hall–Kier alpha value is -1.34. The van der Waals surface area contributed by atoms with Crippen LogP contribution in [0.4, 0.5) is 0 Å². The molecule has 3 heterocycles. The molecule has 2 aliphatic rings. The number of thiazole rings is 1. The fraction of sp³-hybridized carbons (Fsp3) is 0.474. The zero-order valence-corrected chi connectivity index (χ0v) is 17.6. The number of fused-ring (bicyclic) bond motifs is 2. The zero-order chi connectivity index (χ0) is 17.2. The molecule has 0 spiro atoms. The van der Waals surface area contributed by atoms with E-state index < -0.39 is 0 Å². The summed E-state index contributed by atoms with van der Waals surface area (Å²) in [6, 6.07) is 8.80. The maximum Gasteiger partial charge on any atom is 0.251 e. The van der Waals surface area contributed by atoms with Gasteiger partial charge < -0.3 is 15.4 Å². The van der Waals surface area contributed by atoms with Crippen LogP contribution in [0.25, 0.3) is 0 Å². The molecule has 0 aliphatic carbocycles. The van der Waals surface area contributed by atoms with Crippen molar-refractivity contribution in [2.45, 2.75) is 57.3 Å². The summed E-state index contributed by atoms with van der Waals surface area (Å²) in [5.41, 5.74) is 1.57. The first-order valence-electron chi connectivity index (χ1n) is 8.86. The second-order valence-corrected chi connectivity index (χ2v) is 8.02. The van der Waals surface area contributed by atoms with Crippen molar-refractivity contribution in [3.63, 3.8) is 0 Å². The molecule has 1 amide bonds. The molecule has 0 saturated carbocycles. The predicted molar refractivity (Wildman–Crippen MR) is 113 cm³/mol. The van der Waals surface area contributed by atoms with E-state index in [2.05, 4.69) is 15.6 Å². The molecular weight excluding hydrogens is 405 g/mol. The van der Waals surface area contributed by atoms with Crippen molar-refractivity contribution >= 4 is 42.1 Å². The van der Waals surface area contributed by atoms with Gasteiger partial charge in [0.15, 0.2) is 0 Å². The second-order valence-electron chi connectivity index (χ2n) is 6.95. The lowest BCUT2D eigenvalue weighted by Crippen LogP contribution is -2.48. The van der Waals surface area contributed by atoms with Crippen LogP contribution in [0.5, 0.6) is 5.75 Å². The van der Waals surface area contributed by atoms with E-state index in [1.54, 1.807) is 11.3 Å². The topological polar surface area (TPSA) is 63.2 Å². The summed E-state index contributed by atoms with van der Waals surface area (Å²) < 4.78 is 5.78. The smallest absolute Gasteiger partial charge is 0.251 e. The quantitative estimate of drug-likeness (QED) is 0.756. The number of amides is 1. The Morgan fingerprint density at radius 2 is 2.04 bits per heavy atom. The molecule has 27 heavy (non-hydrogen) atoms. The van der Waals surface area contributed by atoms with Crippen LogP contribution in [0, 0.1) is 6.92 Å². The molecule has 2 bridgehead atoms. The van der Waals surface area contributed by atoms with E-state index in [0.29, 0.717) is 30.0 Å². The minimum atomic E-state index is -0.0127. The van der Waals surface area contributed by atoms with Crippen LogP contribution in [0.2, 0.25) is 0 Å². The number of carbonyl (C=O) groups excluding carboxylic acids is 1. The number of ether oxygens (including phenoxy) is 1. The van der Waals surface area contributed by atoms with Gasteiger partial charge >= 0.3 is 0 Å². The van der Waals surface area contributed by atoms with E-state index in [1.807, 2.05) is 36.6 Å². The SMILES string of the molecule is Cc1nc(COc2cccc(C(=O)NC3CC4CCC(C3)N4)c2)cs1.Cl.Cl. The number of benzene rings is 1. The number of carbonyl (C=O) groups is 1. The normalized spacial score (nSPS) is 23.1. The molecule has 2 atom stereocenters. The van der Waals surface area contributed by atoms with Crippen molar-refractivity contribution in [2.75, 3.05) is 0 Å². The average Bonchev–Trinajstić information content (AvgIpc) is 3.18. The molecule has 5 nitrogen and oxygen atoms in total. The van der Waals surface area contributed by atoms with E-state index in [4.69, 9.17) is 4.74 Å². The average molecular weight is 430 g/mol. The molecule has 2 aromatic rings. The van der Waals surface area contributed by atoms with Crippen molar-refractivity contribution in [1.82, 2.24) is 15.6 Å². The number of hydrogen-bond donors (Lipinski definition) is 2. The first kappa shape index (κ1) is 22.0. The molecule has 2 fully saturated rings. The number of nitrogens with one attached hydrogen (secondary N) is 2. The molecule has 1 aromatic carbocycles. The summed E-state index contributed by atoms with van der Waals surface area (Å²) in [5, 5.41) is 9.82. The third-order valence-electron chi connectivity index (χ3n) is 4.96. The number of hydrogen-bond acceptors (Lipinski definition) is 5. The number of nitrogens with zero attached hydrogens (tertiary/aromatic N) is 1. The van der Waals surface area contributed by atoms with Gasteiger partial charge in [-0.2, -0.15) is 0 Å². The molecule has 4 rings (SSSR count). The largest absolute Gasteiger partial charge is 0.487 e. The number of piperidine rings is 1. The van der Waals surface area contributed by atoms with Gasteiger partial charge in [0.25, 0.3) is 5.91 Å². The van der Waals surface area contributed by atoms with Crippen molar-refractivity contribution in [1.29, 1.82) is 0 Å². The van der Waals surface area contributed by atoms with Gasteiger partial charge in [-0.25, -0.2) is 4.98 Å². The molecule has 148 valence electrons. The molecular formula is C19H25Cl2N3O2S. The molecule has 2 aliphatic heterocycles. The summed E-state index contributed by atoms with van der Waals surface area (Å²) in [7, 11) is 0. The molecule has 2 unspecified atom stereocenters. The van der Waals surface area contributed by atoms with Gasteiger partial charge in [0.2, 0.25) is 0 Å². The summed E-state index contributed by atoms with van der Waals surface area (Å²) in [4.78, 5) is 17.0. The van der Waals surface area contributed by atoms with Gasteiger partial charge in [-0.15, -0.1) is 36.2 Å². The van der Waals surface area contributed by atoms with Crippen molar-refractivity contribution in [2.24, 2.45) is 0 Å². The van der Waals surface area contributed by atoms with Gasteiger partial charge in [0.05, 0.1) is 10.7 Å². The maximum absolute atomic E-state index is 12.6. The van der Waals surface area contributed by atoms with E-state index in [1.165, 1.54) is 12.8 Å². The van der Waals surface area contributed by atoms with Crippen LogP contribution >= 0.6 is 36.2 Å². The van der Waals surface area contributed by atoms with Crippen molar-refractivity contribution < 1.29 is 9.53 Å².